The van der Waals surface area contributed by atoms with Crippen molar-refractivity contribution >= 4 is 17.9 Å². The highest BCUT2D eigenvalue weighted by molar-refractivity contribution is 5.71. The summed E-state index contributed by atoms with van der Waals surface area (Å²) in [5, 5.41) is 0. The first-order chi connectivity index (χ1) is 40.5. The molecule has 0 bridgehead atoms. The second-order valence-corrected chi connectivity index (χ2v) is 22.0. The molecular weight excluding hydrogens is 1010 g/mol. The first-order valence-electron chi connectivity index (χ1n) is 33.8. The summed E-state index contributed by atoms with van der Waals surface area (Å²) in [6.07, 6.45) is 98.6. The van der Waals surface area contributed by atoms with Gasteiger partial charge in [-0.05, 0) is 141 Å². The molecule has 0 N–H and O–H groups in total. The van der Waals surface area contributed by atoms with E-state index in [9.17, 15) is 14.4 Å². The van der Waals surface area contributed by atoms with Crippen molar-refractivity contribution in [1.82, 2.24) is 0 Å². The number of carbonyl (C=O) groups is 3. The number of hydrogen-bond donors (Lipinski definition) is 0. The number of carbonyl (C=O) groups excluding carboxylic acids is 3. The van der Waals surface area contributed by atoms with E-state index >= 15 is 0 Å². The summed E-state index contributed by atoms with van der Waals surface area (Å²) in [4.78, 5) is 38.4. The Kier molecular flexibility index (Phi) is 64.8. The topological polar surface area (TPSA) is 78.9 Å². The summed E-state index contributed by atoms with van der Waals surface area (Å²) in [5.74, 6) is -0.934. The lowest BCUT2D eigenvalue weighted by Crippen LogP contribution is -2.30. The molecule has 0 saturated heterocycles. The van der Waals surface area contributed by atoms with Gasteiger partial charge in [-0.15, -0.1) is 0 Å². The summed E-state index contributed by atoms with van der Waals surface area (Å²) >= 11 is 0. The molecule has 0 heterocycles. The van der Waals surface area contributed by atoms with Gasteiger partial charge in [0.2, 0.25) is 0 Å². The van der Waals surface area contributed by atoms with Crippen LogP contribution in [0.15, 0.2) is 146 Å². The van der Waals surface area contributed by atoms with Crippen LogP contribution in [-0.4, -0.2) is 37.2 Å². The van der Waals surface area contributed by atoms with Crippen LogP contribution in [-0.2, 0) is 28.6 Å². The van der Waals surface area contributed by atoms with Crippen molar-refractivity contribution in [2.24, 2.45) is 0 Å². The van der Waals surface area contributed by atoms with Crippen molar-refractivity contribution in [3.05, 3.63) is 146 Å². The van der Waals surface area contributed by atoms with Crippen molar-refractivity contribution in [2.75, 3.05) is 13.2 Å². The zero-order valence-corrected chi connectivity index (χ0v) is 53.2. The highest BCUT2D eigenvalue weighted by atomic mass is 16.6. The smallest absolute Gasteiger partial charge is 0.306 e. The summed E-state index contributed by atoms with van der Waals surface area (Å²) in [7, 11) is 0. The fraction of sp³-hybridized carbons (Fsp3) is 0.645. The Morgan fingerprint density at radius 3 is 0.744 bits per heavy atom. The second-order valence-electron chi connectivity index (χ2n) is 22.0. The van der Waals surface area contributed by atoms with Gasteiger partial charge in [-0.3, -0.25) is 14.4 Å². The molecule has 0 rings (SSSR count). The molecule has 0 spiro atoms. The standard InChI is InChI=1S/C76H124O6/c1-4-7-10-13-16-19-22-25-28-31-32-33-34-35-36-37-38-39-40-41-42-43-44-46-48-51-54-57-60-63-66-69-75(78)81-72-73(71-80-74(77)68-65-62-59-56-53-50-47-30-27-24-21-18-15-12-9-6-3)82-76(79)70-67-64-61-58-55-52-49-45-29-26-23-20-17-14-11-8-5-2/h7-8,10-11,16-17,19-21,24-26,28-30,32-33,35-36,38-39,47,49,52,73H,4-6,9,12-15,18,22-23,27,31,34,37,40-46,48,50-51,53-72H2,1-3H3/b10-7-,11-8-,19-16-,20-17-,24-21-,28-25-,29-26-,33-32-,36-35-,39-38-,47-30-,52-49-. The van der Waals surface area contributed by atoms with Crippen LogP contribution >= 0.6 is 0 Å². The van der Waals surface area contributed by atoms with Gasteiger partial charge in [-0.2, -0.15) is 0 Å². The van der Waals surface area contributed by atoms with Gasteiger partial charge in [0.05, 0.1) is 0 Å². The molecule has 0 amide bonds. The van der Waals surface area contributed by atoms with Crippen LogP contribution in [0, 0.1) is 0 Å². The summed E-state index contributed by atoms with van der Waals surface area (Å²) in [5.41, 5.74) is 0. The molecule has 0 fully saturated rings. The predicted octanol–water partition coefficient (Wildman–Crippen LogP) is 23.5. The summed E-state index contributed by atoms with van der Waals surface area (Å²) in [6, 6.07) is 0. The SMILES string of the molecule is CC/C=C\C/C=C\C/C=C\C/C=C\C/C=C\C/C=C\CCCCCCCCCCCCCCC(=O)OCC(COC(=O)CCCCCCC/C=C\C/C=C\CCCCCC)OC(=O)CCCCCC/C=C\C/C=C\C/C=C\C/C=C\CC. The normalized spacial score (nSPS) is 13.1. The molecular formula is C76H124O6. The van der Waals surface area contributed by atoms with Crippen molar-refractivity contribution in [3.8, 4) is 0 Å². The van der Waals surface area contributed by atoms with E-state index < -0.39 is 6.10 Å². The van der Waals surface area contributed by atoms with E-state index in [1.807, 2.05) is 0 Å². The van der Waals surface area contributed by atoms with Gasteiger partial charge in [-0.25, -0.2) is 0 Å². The Hall–Kier alpha value is -4.71. The van der Waals surface area contributed by atoms with Crippen LogP contribution in [0.5, 0.6) is 0 Å². The molecule has 82 heavy (non-hydrogen) atoms. The first kappa shape index (κ1) is 77.3. The number of unbranched alkanes of at least 4 members (excludes halogenated alkanes) is 25. The molecule has 0 aromatic rings. The average Bonchev–Trinajstić information content (AvgIpc) is 3.48. The van der Waals surface area contributed by atoms with Gasteiger partial charge in [0.25, 0.3) is 0 Å². The van der Waals surface area contributed by atoms with Gasteiger partial charge >= 0.3 is 17.9 Å². The van der Waals surface area contributed by atoms with Gasteiger partial charge in [-0.1, -0.05) is 282 Å². The minimum absolute atomic E-state index is 0.0972. The van der Waals surface area contributed by atoms with Crippen LogP contribution in [0.3, 0.4) is 0 Å². The number of ether oxygens (including phenoxy) is 3. The minimum atomic E-state index is -0.804. The maximum absolute atomic E-state index is 12.9. The molecule has 1 unspecified atom stereocenters. The van der Waals surface area contributed by atoms with E-state index in [1.165, 1.54) is 96.3 Å². The van der Waals surface area contributed by atoms with Crippen LogP contribution in [0.4, 0.5) is 0 Å². The minimum Gasteiger partial charge on any atom is -0.462 e. The Bertz CT molecular complexity index is 1780. The molecule has 0 aromatic carbocycles. The predicted molar refractivity (Wildman–Crippen MR) is 357 cm³/mol. The fourth-order valence-corrected chi connectivity index (χ4v) is 9.06. The van der Waals surface area contributed by atoms with Gasteiger partial charge < -0.3 is 14.2 Å². The number of allylic oxidation sites excluding steroid dienone is 24. The molecule has 6 heteroatoms. The molecule has 0 radical (unpaired) electrons. The molecule has 0 aliphatic rings. The number of rotatable bonds is 60. The van der Waals surface area contributed by atoms with Crippen molar-refractivity contribution in [1.29, 1.82) is 0 Å². The lowest BCUT2D eigenvalue weighted by molar-refractivity contribution is -0.167. The molecule has 6 nitrogen and oxygen atoms in total. The van der Waals surface area contributed by atoms with E-state index in [-0.39, 0.29) is 31.1 Å². The van der Waals surface area contributed by atoms with Crippen LogP contribution < -0.4 is 0 Å². The fourth-order valence-electron chi connectivity index (χ4n) is 9.06. The number of esters is 3. The maximum Gasteiger partial charge on any atom is 0.306 e. The zero-order chi connectivity index (χ0) is 59.2. The quantitative estimate of drug-likeness (QED) is 0.0261. The van der Waals surface area contributed by atoms with Crippen molar-refractivity contribution in [3.63, 3.8) is 0 Å². The van der Waals surface area contributed by atoms with Crippen LogP contribution in [0.2, 0.25) is 0 Å². The van der Waals surface area contributed by atoms with E-state index in [1.54, 1.807) is 0 Å². The Balaban J connectivity index is 4.34. The van der Waals surface area contributed by atoms with E-state index in [4.69, 9.17) is 14.2 Å². The summed E-state index contributed by atoms with van der Waals surface area (Å²) < 4.78 is 16.9. The third kappa shape index (κ3) is 66.1. The van der Waals surface area contributed by atoms with Gasteiger partial charge in [0.15, 0.2) is 6.10 Å². The Morgan fingerprint density at radius 1 is 0.256 bits per heavy atom. The monoisotopic (exact) mass is 1130 g/mol. The average molecular weight is 1130 g/mol. The Morgan fingerprint density at radius 2 is 0.476 bits per heavy atom. The molecule has 0 saturated carbocycles. The highest BCUT2D eigenvalue weighted by Crippen LogP contribution is 2.15. The third-order valence-electron chi connectivity index (χ3n) is 14.1. The van der Waals surface area contributed by atoms with Gasteiger partial charge in [0, 0.05) is 19.3 Å². The first-order valence-corrected chi connectivity index (χ1v) is 33.8. The molecule has 0 aliphatic carbocycles. The van der Waals surface area contributed by atoms with E-state index in [2.05, 4.69) is 167 Å². The molecule has 464 valence electrons. The zero-order valence-electron chi connectivity index (χ0n) is 53.2. The highest BCUT2D eigenvalue weighted by Gasteiger charge is 2.19. The Labute approximate surface area is 506 Å². The third-order valence-corrected chi connectivity index (χ3v) is 14.1. The van der Waals surface area contributed by atoms with Crippen LogP contribution in [0.1, 0.15) is 297 Å². The largest absolute Gasteiger partial charge is 0.462 e. The van der Waals surface area contributed by atoms with E-state index in [0.29, 0.717) is 19.3 Å². The van der Waals surface area contributed by atoms with Crippen LogP contribution in [0.25, 0.3) is 0 Å². The lowest BCUT2D eigenvalue weighted by Gasteiger charge is -2.18. The maximum atomic E-state index is 12.9. The molecule has 1 atom stereocenters. The van der Waals surface area contributed by atoms with Gasteiger partial charge in [0.1, 0.15) is 13.2 Å². The molecule has 0 aromatic heterocycles. The summed E-state index contributed by atoms with van der Waals surface area (Å²) in [6.45, 7) is 6.37. The van der Waals surface area contributed by atoms with Crippen molar-refractivity contribution in [2.45, 2.75) is 303 Å². The van der Waals surface area contributed by atoms with E-state index in [0.717, 1.165) is 161 Å². The second kappa shape index (κ2) is 68.8. The van der Waals surface area contributed by atoms with Crippen molar-refractivity contribution < 1.29 is 28.6 Å². The number of hydrogen-bond acceptors (Lipinski definition) is 6. The molecule has 0 aliphatic heterocycles. The lowest BCUT2D eigenvalue weighted by atomic mass is 10.0.